The monoisotopic (exact) mass is 434 g/mol. The number of amides is 1. The summed E-state index contributed by atoms with van der Waals surface area (Å²) >= 11 is 0. The van der Waals surface area contributed by atoms with E-state index in [9.17, 15) is 4.79 Å². The van der Waals surface area contributed by atoms with Gasteiger partial charge in [-0.3, -0.25) is 14.5 Å². The third kappa shape index (κ3) is 7.19. The van der Waals surface area contributed by atoms with Crippen molar-refractivity contribution < 1.29 is 4.79 Å². The molecule has 2 rings (SSSR count). The normalized spacial score (nSPS) is 14.1. The second-order valence-electron chi connectivity index (χ2n) is 5.80. The largest absolute Gasteiger partial charge is 0.356 e. The van der Waals surface area contributed by atoms with Crippen LogP contribution in [0.15, 0.2) is 17.4 Å². The van der Waals surface area contributed by atoms with E-state index in [1.54, 1.807) is 11.7 Å². The fourth-order valence-corrected chi connectivity index (χ4v) is 2.26. The first-order chi connectivity index (χ1) is 10.6. The minimum absolute atomic E-state index is 0. The number of carbonyl (C=O) groups is 1. The lowest BCUT2D eigenvalue weighted by molar-refractivity contribution is -0.121. The molecular weight excluding hydrogens is 407 g/mol. The van der Waals surface area contributed by atoms with Gasteiger partial charge in [0.1, 0.15) is 0 Å². The maximum Gasteiger partial charge on any atom is 0.220 e. The van der Waals surface area contributed by atoms with Crippen LogP contribution in [0, 0.1) is 0 Å². The SMILES string of the molecule is CN=C(NCCCC(=O)NC1CC1)N(C)Cc1cnn(C)c1.I. The number of nitrogens with one attached hydrogen (secondary N) is 2. The Morgan fingerprint density at radius 3 is 2.83 bits per heavy atom. The zero-order chi connectivity index (χ0) is 15.9. The van der Waals surface area contributed by atoms with E-state index in [4.69, 9.17) is 0 Å². The molecule has 1 saturated carbocycles. The van der Waals surface area contributed by atoms with E-state index < -0.39 is 0 Å². The molecule has 0 aromatic carbocycles. The van der Waals surface area contributed by atoms with Gasteiger partial charge in [-0.05, 0) is 19.3 Å². The third-order valence-corrected chi connectivity index (χ3v) is 3.56. The van der Waals surface area contributed by atoms with Gasteiger partial charge in [-0.1, -0.05) is 0 Å². The minimum Gasteiger partial charge on any atom is -0.356 e. The highest BCUT2D eigenvalue weighted by Gasteiger charge is 2.22. The van der Waals surface area contributed by atoms with Crippen LogP contribution in [0.25, 0.3) is 0 Å². The van der Waals surface area contributed by atoms with E-state index in [1.165, 1.54) is 0 Å². The van der Waals surface area contributed by atoms with Crippen molar-refractivity contribution >= 4 is 35.8 Å². The summed E-state index contributed by atoms with van der Waals surface area (Å²) < 4.78 is 1.79. The molecule has 0 spiro atoms. The summed E-state index contributed by atoms with van der Waals surface area (Å²) in [5.74, 6) is 0.981. The van der Waals surface area contributed by atoms with Crippen molar-refractivity contribution in [3.63, 3.8) is 0 Å². The molecule has 1 aromatic heterocycles. The number of hydrogen-bond acceptors (Lipinski definition) is 3. The molecule has 1 aliphatic carbocycles. The van der Waals surface area contributed by atoms with Gasteiger partial charge in [-0.15, -0.1) is 24.0 Å². The lowest BCUT2D eigenvalue weighted by Crippen LogP contribution is -2.39. The molecule has 0 bridgehead atoms. The highest BCUT2D eigenvalue weighted by molar-refractivity contribution is 14.0. The summed E-state index contributed by atoms with van der Waals surface area (Å²) in [4.78, 5) is 17.9. The summed E-state index contributed by atoms with van der Waals surface area (Å²) in [5.41, 5.74) is 1.14. The van der Waals surface area contributed by atoms with E-state index >= 15 is 0 Å². The molecular formula is C15H27IN6O. The Kier molecular flexibility index (Phi) is 8.35. The molecule has 1 heterocycles. The average molecular weight is 434 g/mol. The standard InChI is InChI=1S/C15H26N6O.HI/c1-16-15(20(2)10-12-9-18-21(3)11-12)17-8-4-5-14(22)19-13-6-7-13;/h9,11,13H,4-8,10H2,1-3H3,(H,16,17)(H,19,22);1H. The highest BCUT2D eigenvalue weighted by atomic mass is 127. The number of aromatic nitrogens is 2. The molecule has 0 aliphatic heterocycles. The van der Waals surface area contributed by atoms with Gasteiger partial charge in [0.05, 0.1) is 6.20 Å². The molecule has 0 radical (unpaired) electrons. The number of aryl methyl sites for hydroxylation is 1. The van der Waals surface area contributed by atoms with Crippen LogP contribution in [-0.2, 0) is 18.4 Å². The van der Waals surface area contributed by atoms with Crippen LogP contribution in [0.1, 0.15) is 31.2 Å². The van der Waals surface area contributed by atoms with Crippen LogP contribution in [-0.4, -0.2) is 53.2 Å². The molecule has 0 atom stereocenters. The molecule has 1 fully saturated rings. The fourth-order valence-electron chi connectivity index (χ4n) is 2.26. The number of nitrogens with zero attached hydrogens (tertiary/aromatic N) is 4. The number of rotatable bonds is 7. The smallest absolute Gasteiger partial charge is 0.220 e. The average Bonchev–Trinajstić information content (AvgIpc) is 3.19. The third-order valence-electron chi connectivity index (χ3n) is 3.56. The van der Waals surface area contributed by atoms with Gasteiger partial charge in [0.2, 0.25) is 5.91 Å². The summed E-state index contributed by atoms with van der Waals surface area (Å²) in [7, 11) is 5.66. The molecule has 8 heteroatoms. The fraction of sp³-hybridized carbons (Fsp3) is 0.667. The van der Waals surface area contributed by atoms with Gasteiger partial charge in [0.15, 0.2) is 5.96 Å². The van der Waals surface area contributed by atoms with Crippen molar-refractivity contribution in [3.8, 4) is 0 Å². The minimum atomic E-state index is 0. The Hall–Kier alpha value is -1.32. The number of guanidine groups is 1. The first-order valence-corrected chi connectivity index (χ1v) is 7.77. The zero-order valence-corrected chi connectivity index (χ0v) is 16.4. The number of aliphatic imine (C=N–C) groups is 1. The van der Waals surface area contributed by atoms with Crippen molar-refractivity contribution in [2.24, 2.45) is 12.0 Å². The van der Waals surface area contributed by atoms with Crippen molar-refractivity contribution in [2.75, 3.05) is 20.6 Å². The molecule has 0 saturated heterocycles. The topological polar surface area (TPSA) is 74.6 Å². The summed E-state index contributed by atoms with van der Waals surface area (Å²) in [6, 6.07) is 0.443. The second kappa shape index (κ2) is 9.74. The first-order valence-electron chi connectivity index (χ1n) is 7.77. The molecule has 0 unspecified atom stereocenters. The van der Waals surface area contributed by atoms with Crippen molar-refractivity contribution in [3.05, 3.63) is 18.0 Å². The Morgan fingerprint density at radius 1 is 1.52 bits per heavy atom. The lowest BCUT2D eigenvalue weighted by Gasteiger charge is -2.21. The summed E-state index contributed by atoms with van der Waals surface area (Å²) in [6.45, 7) is 1.48. The van der Waals surface area contributed by atoms with E-state index in [1.807, 2.05) is 31.4 Å². The predicted molar refractivity (Wildman–Crippen MR) is 102 cm³/mol. The number of carbonyl (C=O) groups excluding carboxylic acids is 1. The van der Waals surface area contributed by atoms with Crippen LogP contribution in [0.5, 0.6) is 0 Å². The zero-order valence-electron chi connectivity index (χ0n) is 14.1. The van der Waals surface area contributed by atoms with Gasteiger partial charge in [0.25, 0.3) is 0 Å². The molecule has 1 amide bonds. The number of hydrogen-bond donors (Lipinski definition) is 2. The van der Waals surface area contributed by atoms with Crippen molar-refractivity contribution in [1.82, 2.24) is 25.3 Å². The molecule has 1 aromatic rings. The lowest BCUT2D eigenvalue weighted by atomic mass is 10.3. The Labute approximate surface area is 154 Å². The second-order valence-corrected chi connectivity index (χ2v) is 5.80. The van der Waals surface area contributed by atoms with Gasteiger partial charge in [-0.2, -0.15) is 5.10 Å². The maximum absolute atomic E-state index is 11.6. The Morgan fingerprint density at radius 2 is 2.26 bits per heavy atom. The maximum atomic E-state index is 11.6. The quantitative estimate of drug-likeness (QED) is 0.292. The van der Waals surface area contributed by atoms with Crippen molar-refractivity contribution in [2.45, 2.75) is 38.3 Å². The molecule has 130 valence electrons. The van der Waals surface area contributed by atoms with Gasteiger partial charge in [-0.25, -0.2) is 0 Å². The van der Waals surface area contributed by atoms with Crippen LogP contribution >= 0.6 is 24.0 Å². The molecule has 2 N–H and O–H groups in total. The molecule has 1 aliphatic rings. The summed E-state index contributed by atoms with van der Waals surface area (Å²) in [6.07, 6.45) is 7.48. The van der Waals surface area contributed by atoms with Crippen LogP contribution in [0.3, 0.4) is 0 Å². The number of halogens is 1. The summed E-state index contributed by atoms with van der Waals surface area (Å²) in [5, 5.41) is 10.4. The van der Waals surface area contributed by atoms with Crippen LogP contribution < -0.4 is 10.6 Å². The Balaban J connectivity index is 0.00000264. The Bertz CT molecular complexity index is 526. The van der Waals surface area contributed by atoms with Crippen LogP contribution in [0.4, 0.5) is 0 Å². The van der Waals surface area contributed by atoms with Crippen molar-refractivity contribution in [1.29, 1.82) is 0 Å². The van der Waals surface area contributed by atoms with Gasteiger partial charge < -0.3 is 15.5 Å². The molecule has 23 heavy (non-hydrogen) atoms. The van der Waals surface area contributed by atoms with Gasteiger partial charge >= 0.3 is 0 Å². The molecule has 7 nitrogen and oxygen atoms in total. The van der Waals surface area contributed by atoms with E-state index in [0.29, 0.717) is 12.5 Å². The van der Waals surface area contributed by atoms with E-state index in [2.05, 4.69) is 20.7 Å². The first kappa shape index (κ1) is 19.7. The van der Waals surface area contributed by atoms with E-state index in [0.717, 1.165) is 43.9 Å². The highest BCUT2D eigenvalue weighted by Crippen LogP contribution is 2.18. The van der Waals surface area contributed by atoms with E-state index in [-0.39, 0.29) is 29.9 Å². The van der Waals surface area contributed by atoms with Gasteiger partial charge in [0, 0.05) is 58.5 Å². The predicted octanol–water partition coefficient (Wildman–Crippen LogP) is 1.10. The van der Waals surface area contributed by atoms with Crippen LogP contribution in [0.2, 0.25) is 0 Å².